The Morgan fingerprint density at radius 3 is 2.70 bits per heavy atom. The van der Waals surface area contributed by atoms with E-state index in [0.717, 1.165) is 5.56 Å². The topological polar surface area (TPSA) is 55.5 Å². The first-order chi connectivity index (χ1) is 9.61. The number of hydrogen-bond acceptors (Lipinski definition) is 3. The molecule has 2 aromatic carbocycles. The normalized spacial score (nSPS) is 10.3. The van der Waals surface area contributed by atoms with Crippen LogP contribution >= 0.6 is 12.2 Å². The molecule has 0 bridgehead atoms. The third kappa shape index (κ3) is 3.31. The Morgan fingerprint density at radius 2 is 2.00 bits per heavy atom. The molecule has 3 N–H and O–H groups in total. The number of thiocarbonyl (C=S) groups is 1. The first-order valence-corrected chi connectivity index (χ1v) is 6.42. The molecule has 3 nitrogen and oxygen atoms in total. The second-order valence-corrected chi connectivity index (χ2v) is 4.67. The van der Waals surface area contributed by atoms with Gasteiger partial charge in [0.2, 0.25) is 0 Å². The fourth-order valence-corrected chi connectivity index (χ4v) is 1.94. The van der Waals surface area contributed by atoms with Crippen molar-refractivity contribution in [2.24, 2.45) is 5.73 Å². The number of halogens is 1. The summed E-state index contributed by atoms with van der Waals surface area (Å²) in [6.45, 7) is 0.143. The highest BCUT2D eigenvalue weighted by Gasteiger charge is 2.07. The number of aliphatic hydroxyl groups is 1. The zero-order chi connectivity index (χ0) is 14.5. The predicted octanol–water partition coefficient (Wildman–Crippen LogP) is 2.53. The summed E-state index contributed by atoms with van der Waals surface area (Å²) in [6, 6.07) is 11.7. The third-order valence-electron chi connectivity index (χ3n) is 2.83. The minimum Gasteiger partial charge on any atom is -0.489 e. The first kappa shape index (κ1) is 14.4. The first-order valence-electron chi connectivity index (χ1n) is 6.01. The zero-order valence-electron chi connectivity index (χ0n) is 10.7. The number of rotatable bonds is 5. The molecule has 20 heavy (non-hydrogen) atoms. The molecule has 0 aliphatic carbocycles. The molecule has 0 radical (unpaired) electrons. The molecule has 0 saturated carbocycles. The summed E-state index contributed by atoms with van der Waals surface area (Å²) in [4.78, 5) is 0.0140. The van der Waals surface area contributed by atoms with Crippen LogP contribution in [0.5, 0.6) is 5.75 Å². The minimum atomic E-state index is -0.447. The highest BCUT2D eigenvalue weighted by atomic mass is 32.1. The maximum absolute atomic E-state index is 13.5. The van der Waals surface area contributed by atoms with Crippen molar-refractivity contribution >= 4 is 17.2 Å². The Labute approximate surface area is 121 Å². The van der Waals surface area contributed by atoms with Gasteiger partial charge in [-0.25, -0.2) is 4.39 Å². The van der Waals surface area contributed by atoms with Gasteiger partial charge in [0.15, 0.2) is 0 Å². The van der Waals surface area contributed by atoms with Crippen molar-refractivity contribution in [1.82, 2.24) is 0 Å². The summed E-state index contributed by atoms with van der Waals surface area (Å²) in [6.07, 6.45) is 0. The van der Waals surface area contributed by atoms with E-state index in [9.17, 15) is 9.50 Å². The lowest BCUT2D eigenvalue weighted by Crippen LogP contribution is -2.12. The van der Waals surface area contributed by atoms with Gasteiger partial charge in [0, 0.05) is 11.1 Å². The molecular formula is C15H14FNO2S. The van der Waals surface area contributed by atoms with Crippen LogP contribution in [0.2, 0.25) is 0 Å². The van der Waals surface area contributed by atoms with Gasteiger partial charge < -0.3 is 15.6 Å². The maximum Gasteiger partial charge on any atom is 0.133 e. The molecule has 0 saturated heterocycles. The Balaban J connectivity index is 2.15. The Hall–Kier alpha value is -1.98. The van der Waals surface area contributed by atoms with Gasteiger partial charge in [-0.2, -0.15) is 0 Å². The van der Waals surface area contributed by atoms with Crippen LogP contribution in [-0.2, 0) is 13.2 Å². The standard InChI is InChI=1S/C15H14FNO2S/c16-13-6-5-10(7-12(13)15(17)20)9-19-14-4-2-1-3-11(14)8-18/h1-7,18H,8-9H2,(H2,17,20). The quantitative estimate of drug-likeness (QED) is 0.831. The molecule has 0 aliphatic rings. The van der Waals surface area contributed by atoms with E-state index in [-0.39, 0.29) is 23.8 Å². The van der Waals surface area contributed by atoms with E-state index in [4.69, 9.17) is 22.7 Å². The molecule has 0 heterocycles. The van der Waals surface area contributed by atoms with Crippen LogP contribution in [0.3, 0.4) is 0 Å². The fourth-order valence-electron chi connectivity index (χ4n) is 1.79. The van der Waals surface area contributed by atoms with Crippen LogP contribution in [0, 0.1) is 5.82 Å². The molecule has 0 unspecified atom stereocenters. The van der Waals surface area contributed by atoms with Crippen LogP contribution in [-0.4, -0.2) is 10.1 Å². The SMILES string of the molecule is NC(=S)c1cc(COc2ccccc2CO)ccc1F. The number of aliphatic hydroxyl groups excluding tert-OH is 1. The molecular weight excluding hydrogens is 277 g/mol. The van der Waals surface area contributed by atoms with Crippen LogP contribution < -0.4 is 10.5 Å². The Kier molecular flexibility index (Phi) is 4.65. The molecule has 0 atom stereocenters. The van der Waals surface area contributed by atoms with Crippen LogP contribution in [0.1, 0.15) is 16.7 Å². The lowest BCUT2D eigenvalue weighted by atomic mass is 10.1. The van der Waals surface area contributed by atoms with E-state index in [1.54, 1.807) is 24.3 Å². The smallest absolute Gasteiger partial charge is 0.133 e. The van der Waals surface area contributed by atoms with Crippen molar-refractivity contribution in [3.8, 4) is 5.75 Å². The molecule has 104 valence electrons. The second kappa shape index (κ2) is 6.45. The molecule has 0 aromatic heterocycles. The van der Waals surface area contributed by atoms with Crippen LogP contribution in [0.25, 0.3) is 0 Å². The van der Waals surface area contributed by atoms with E-state index in [0.29, 0.717) is 11.3 Å². The van der Waals surface area contributed by atoms with Gasteiger partial charge in [0.25, 0.3) is 0 Å². The van der Waals surface area contributed by atoms with Gasteiger partial charge in [-0.3, -0.25) is 0 Å². The van der Waals surface area contributed by atoms with Crippen molar-refractivity contribution in [2.45, 2.75) is 13.2 Å². The summed E-state index contributed by atoms with van der Waals surface area (Å²) >= 11 is 4.79. The highest BCUT2D eigenvalue weighted by molar-refractivity contribution is 7.80. The minimum absolute atomic E-state index is 0.0140. The largest absolute Gasteiger partial charge is 0.489 e. The summed E-state index contributed by atoms with van der Waals surface area (Å²) in [5.41, 5.74) is 7.11. The summed E-state index contributed by atoms with van der Waals surface area (Å²) in [7, 11) is 0. The van der Waals surface area contributed by atoms with Crippen LogP contribution in [0.15, 0.2) is 42.5 Å². The average Bonchev–Trinajstić information content (AvgIpc) is 2.46. The molecule has 0 aliphatic heterocycles. The van der Waals surface area contributed by atoms with E-state index in [1.165, 1.54) is 6.07 Å². The Bertz CT molecular complexity index is 631. The number of nitrogens with two attached hydrogens (primary N) is 1. The highest BCUT2D eigenvalue weighted by Crippen LogP contribution is 2.20. The van der Waals surface area contributed by atoms with Crippen molar-refractivity contribution in [2.75, 3.05) is 0 Å². The van der Waals surface area contributed by atoms with E-state index >= 15 is 0 Å². The summed E-state index contributed by atoms with van der Waals surface area (Å²) < 4.78 is 19.1. The van der Waals surface area contributed by atoms with Gasteiger partial charge in [-0.1, -0.05) is 36.5 Å². The molecule has 0 fully saturated rings. The fraction of sp³-hybridized carbons (Fsp3) is 0.133. The van der Waals surface area contributed by atoms with E-state index in [1.807, 2.05) is 12.1 Å². The monoisotopic (exact) mass is 291 g/mol. The van der Waals surface area contributed by atoms with Crippen LogP contribution in [0.4, 0.5) is 4.39 Å². The molecule has 5 heteroatoms. The predicted molar refractivity (Wildman–Crippen MR) is 79.0 cm³/mol. The van der Waals surface area contributed by atoms with E-state index < -0.39 is 5.82 Å². The number of para-hydroxylation sites is 1. The number of hydrogen-bond donors (Lipinski definition) is 2. The third-order valence-corrected chi connectivity index (χ3v) is 3.05. The van der Waals surface area contributed by atoms with Gasteiger partial charge in [-0.05, 0) is 23.8 Å². The zero-order valence-corrected chi connectivity index (χ0v) is 11.5. The van der Waals surface area contributed by atoms with Crippen molar-refractivity contribution < 1.29 is 14.2 Å². The van der Waals surface area contributed by atoms with Gasteiger partial charge in [0.1, 0.15) is 23.2 Å². The van der Waals surface area contributed by atoms with Gasteiger partial charge in [-0.15, -0.1) is 0 Å². The lowest BCUT2D eigenvalue weighted by molar-refractivity contribution is 0.259. The molecule has 2 rings (SSSR count). The average molecular weight is 291 g/mol. The van der Waals surface area contributed by atoms with E-state index in [2.05, 4.69) is 0 Å². The van der Waals surface area contributed by atoms with Crippen molar-refractivity contribution in [3.63, 3.8) is 0 Å². The number of benzene rings is 2. The maximum atomic E-state index is 13.5. The second-order valence-electron chi connectivity index (χ2n) is 4.23. The summed E-state index contributed by atoms with van der Waals surface area (Å²) in [5, 5.41) is 9.21. The number of ether oxygens (including phenoxy) is 1. The lowest BCUT2D eigenvalue weighted by Gasteiger charge is -2.11. The van der Waals surface area contributed by atoms with Gasteiger partial charge >= 0.3 is 0 Å². The molecule has 0 spiro atoms. The molecule has 2 aromatic rings. The van der Waals surface area contributed by atoms with Crippen molar-refractivity contribution in [1.29, 1.82) is 0 Å². The van der Waals surface area contributed by atoms with Crippen molar-refractivity contribution in [3.05, 3.63) is 65.0 Å². The Morgan fingerprint density at radius 1 is 1.25 bits per heavy atom. The summed E-state index contributed by atoms with van der Waals surface area (Å²) in [5.74, 6) is 0.146. The molecule has 0 amide bonds. The van der Waals surface area contributed by atoms with Gasteiger partial charge in [0.05, 0.1) is 6.61 Å².